The van der Waals surface area contributed by atoms with Crippen molar-refractivity contribution in [2.45, 2.75) is 45.1 Å². The average molecular weight is 387 g/mol. The molecule has 5 nitrogen and oxygen atoms in total. The Kier molecular flexibility index (Phi) is 5.85. The predicted octanol–water partition coefficient (Wildman–Crippen LogP) is 3.82. The molecule has 0 unspecified atom stereocenters. The van der Waals surface area contributed by atoms with Gasteiger partial charge < -0.3 is 5.32 Å². The predicted molar refractivity (Wildman–Crippen MR) is 108 cm³/mol. The summed E-state index contributed by atoms with van der Waals surface area (Å²) in [7, 11) is -3.46. The number of benzene rings is 2. The van der Waals surface area contributed by atoms with Crippen molar-refractivity contribution in [1.82, 2.24) is 5.32 Å². The van der Waals surface area contributed by atoms with E-state index in [9.17, 15) is 13.2 Å². The van der Waals surface area contributed by atoms with Crippen molar-refractivity contribution in [3.05, 3.63) is 64.7 Å². The Morgan fingerprint density at radius 2 is 1.78 bits per heavy atom. The van der Waals surface area contributed by atoms with Gasteiger partial charge in [0.05, 0.1) is 23.5 Å². The molecule has 0 radical (unpaired) electrons. The lowest BCUT2D eigenvalue weighted by Crippen LogP contribution is -2.29. The molecule has 0 spiro atoms. The Labute approximate surface area is 161 Å². The molecule has 0 aliphatic heterocycles. The molecule has 27 heavy (non-hydrogen) atoms. The third kappa shape index (κ3) is 4.89. The van der Waals surface area contributed by atoms with Crippen LogP contribution in [-0.4, -0.2) is 20.6 Å². The minimum absolute atomic E-state index is 0.115. The van der Waals surface area contributed by atoms with E-state index < -0.39 is 10.0 Å². The van der Waals surface area contributed by atoms with E-state index in [2.05, 4.69) is 28.2 Å². The number of amides is 1. The highest BCUT2D eigenvalue weighted by Crippen LogP contribution is 2.27. The summed E-state index contributed by atoms with van der Waals surface area (Å²) in [5, 5.41) is 3.06. The number of fused-ring (bicyclic) bond motifs is 1. The molecule has 0 aromatic heterocycles. The second-order valence-corrected chi connectivity index (χ2v) is 8.84. The first-order chi connectivity index (χ1) is 12.9. The van der Waals surface area contributed by atoms with Crippen LogP contribution in [-0.2, 0) is 22.9 Å². The van der Waals surface area contributed by atoms with Crippen LogP contribution in [0.2, 0.25) is 0 Å². The number of rotatable bonds is 6. The van der Waals surface area contributed by atoms with E-state index in [0.29, 0.717) is 5.56 Å². The number of hydrogen-bond acceptors (Lipinski definition) is 3. The van der Waals surface area contributed by atoms with Crippen molar-refractivity contribution in [2.75, 3.05) is 11.0 Å². The first-order valence-electron chi connectivity index (χ1n) is 9.37. The lowest BCUT2D eigenvalue weighted by atomic mass is 9.88. The molecule has 0 fully saturated rings. The smallest absolute Gasteiger partial charge is 0.253 e. The third-order valence-corrected chi connectivity index (χ3v) is 5.55. The molecular formula is C21H26N2O3S. The van der Waals surface area contributed by atoms with Crippen LogP contribution in [0.1, 0.15) is 59.3 Å². The van der Waals surface area contributed by atoms with Gasteiger partial charge in [0.15, 0.2) is 0 Å². The van der Waals surface area contributed by atoms with Crippen LogP contribution in [0.4, 0.5) is 5.69 Å². The van der Waals surface area contributed by atoms with Crippen molar-refractivity contribution < 1.29 is 13.2 Å². The SMILES string of the molecule is CC[C@H](NC(=O)c1ccccc1NS(C)(=O)=O)c1ccc2c(c1)CCCC2. The zero-order valence-corrected chi connectivity index (χ0v) is 16.6. The van der Waals surface area contributed by atoms with Crippen LogP contribution in [0.15, 0.2) is 42.5 Å². The summed E-state index contributed by atoms with van der Waals surface area (Å²) in [6.45, 7) is 2.03. The maximum absolute atomic E-state index is 12.8. The number of nitrogens with one attached hydrogen (secondary N) is 2. The van der Waals surface area contributed by atoms with E-state index in [1.807, 2.05) is 6.92 Å². The standard InChI is InChI=1S/C21H26N2O3S/c1-3-19(17-13-12-15-8-4-5-9-16(15)14-17)22-21(24)18-10-6-7-11-20(18)23-27(2,25)26/h6-7,10-14,19,23H,3-5,8-9H2,1-2H3,(H,22,24)/t19-/m0/s1. The second-order valence-electron chi connectivity index (χ2n) is 7.09. The van der Waals surface area contributed by atoms with Crippen LogP contribution < -0.4 is 10.0 Å². The first-order valence-corrected chi connectivity index (χ1v) is 11.3. The van der Waals surface area contributed by atoms with E-state index >= 15 is 0 Å². The zero-order valence-electron chi connectivity index (χ0n) is 15.8. The Hall–Kier alpha value is -2.34. The highest BCUT2D eigenvalue weighted by Gasteiger charge is 2.19. The lowest BCUT2D eigenvalue weighted by Gasteiger charge is -2.22. The normalized spacial score (nSPS) is 14.9. The summed E-state index contributed by atoms with van der Waals surface area (Å²) in [6, 6.07) is 13.0. The molecule has 3 rings (SSSR count). The molecule has 1 aliphatic carbocycles. The quantitative estimate of drug-likeness (QED) is 0.792. The Morgan fingerprint density at radius 1 is 1.07 bits per heavy atom. The molecule has 6 heteroatoms. The van der Waals surface area contributed by atoms with E-state index in [1.165, 1.54) is 24.0 Å². The number of para-hydroxylation sites is 1. The zero-order chi connectivity index (χ0) is 19.4. The molecule has 2 N–H and O–H groups in total. The van der Waals surface area contributed by atoms with Crippen LogP contribution in [0.3, 0.4) is 0 Å². The summed E-state index contributed by atoms with van der Waals surface area (Å²) in [5.41, 5.74) is 4.50. The summed E-state index contributed by atoms with van der Waals surface area (Å²) >= 11 is 0. The summed E-state index contributed by atoms with van der Waals surface area (Å²) in [5.74, 6) is -0.286. The number of carbonyl (C=O) groups excluding carboxylic acids is 1. The second kappa shape index (κ2) is 8.13. The van der Waals surface area contributed by atoms with Gasteiger partial charge in [0, 0.05) is 0 Å². The van der Waals surface area contributed by atoms with Gasteiger partial charge in [-0.3, -0.25) is 9.52 Å². The van der Waals surface area contributed by atoms with Crippen molar-refractivity contribution in [1.29, 1.82) is 0 Å². The summed E-state index contributed by atoms with van der Waals surface area (Å²) < 4.78 is 25.6. The fourth-order valence-corrected chi connectivity index (χ4v) is 4.17. The van der Waals surface area contributed by atoms with Gasteiger partial charge in [0.25, 0.3) is 5.91 Å². The molecule has 144 valence electrons. The molecule has 0 heterocycles. The number of anilines is 1. The lowest BCUT2D eigenvalue weighted by molar-refractivity contribution is 0.0936. The molecule has 0 bridgehead atoms. The highest BCUT2D eigenvalue weighted by molar-refractivity contribution is 7.92. The number of aryl methyl sites for hydroxylation is 2. The van der Waals surface area contributed by atoms with Crippen molar-refractivity contribution in [3.63, 3.8) is 0 Å². The topological polar surface area (TPSA) is 75.3 Å². The highest BCUT2D eigenvalue weighted by atomic mass is 32.2. The monoisotopic (exact) mass is 386 g/mol. The maximum Gasteiger partial charge on any atom is 0.253 e. The van der Waals surface area contributed by atoms with Crippen molar-refractivity contribution in [2.24, 2.45) is 0 Å². The molecule has 1 aliphatic rings. The van der Waals surface area contributed by atoms with E-state index in [4.69, 9.17) is 0 Å². The molecule has 0 saturated heterocycles. The van der Waals surface area contributed by atoms with Crippen molar-refractivity contribution in [3.8, 4) is 0 Å². The van der Waals surface area contributed by atoms with Gasteiger partial charge in [-0.05, 0) is 60.9 Å². The summed E-state index contributed by atoms with van der Waals surface area (Å²) in [4.78, 5) is 12.8. The Balaban J connectivity index is 1.82. The maximum atomic E-state index is 12.8. The van der Waals surface area contributed by atoms with Gasteiger partial charge in [-0.2, -0.15) is 0 Å². The molecule has 0 saturated carbocycles. The molecule has 2 aromatic carbocycles. The van der Waals surface area contributed by atoms with Gasteiger partial charge in [0.1, 0.15) is 0 Å². The van der Waals surface area contributed by atoms with Gasteiger partial charge >= 0.3 is 0 Å². The third-order valence-electron chi connectivity index (χ3n) is 4.96. The number of carbonyl (C=O) groups is 1. The number of sulfonamides is 1. The Morgan fingerprint density at radius 3 is 2.48 bits per heavy atom. The fraction of sp³-hybridized carbons (Fsp3) is 0.381. The van der Waals surface area contributed by atoms with Crippen LogP contribution in [0.5, 0.6) is 0 Å². The average Bonchev–Trinajstić information content (AvgIpc) is 2.64. The largest absolute Gasteiger partial charge is 0.345 e. The van der Waals surface area contributed by atoms with E-state index in [1.54, 1.807) is 24.3 Å². The van der Waals surface area contributed by atoms with Crippen LogP contribution in [0, 0.1) is 0 Å². The minimum Gasteiger partial charge on any atom is -0.345 e. The molecule has 1 amide bonds. The van der Waals surface area contributed by atoms with Crippen LogP contribution >= 0.6 is 0 Å². The molecule has 2 aromatic rings. The molecule has 1 atom stereocenters. The first kappa shape index (κ1) is 19.4. The minimum atomic E-state index is -3.46. The number of hydrogen-bond donors (Lipinski definition) is 2. The van der Waals surface area contributed by atoms with Gasteiger partial charge in [0.2, 0.25) is 10.0 Å². The Bertz CT molecular complexity index is 938. The molecular weight excluding hydrogens is 360 g/mol. The van der Waals surface area contributed by atoms with Crippen molar-refractivity contribution >= 4 is 21.6 Å². The van der Waals surface area contributed by atoms with Gasteiger partial charge in [-0.1, -0.05) is 37.3 Å². The summed E-state index contributed by atoms with van der Waals surface area (Å²) in [6.07, 6.45) is 6.50. The van der Waals surface area contributed by atoms with Gasteiger partial charge in [-0.15, -0.1) is 0 Å². The van der Waals surface area contributed by atoms with Gasteiger partial charge in [-0.25, -0.2) is 8.42 Å². The van der Waals surface area contributed by atoms with E-state index in [0.717, 1.165) is 31.1 Å². The van der Waals surface area contributed by atoms with E-state index in [-0.39, 0.29) is 17.6 Å². The van der Waals surface area contributed by atoms with Crippen LogP contribution in [0.25, 0.3) is 0 Å². The fourth-order valence-electron chi connectivity index (χ4n) is 3.60.